The Kier molecular flexibility index (Phi) is 4.57. The van der Waals surface area contributed by atoms with Crippen molar-refractivity contribution in [2.75, 3.05) is 19.8 Å². The zero-order chi connectivity index (χ0) is 13.7. The van der Waals surface area contributed by atoms with E-state index in [4.69, 9.17) is 9.47 Å². The average molecular weight is 266 g/mol. The van der Waals surface area contributed by atoms with Gasteiger partial charge in [0.1, 0.15) is 18.1 Å². The summed E-state index contributed by atoms with van der Waals surface area (Å²) in [4.78, 5) is 10.4. The Labute approximate surface area is 111 Å². The molecule has 1 atom stereocenters. The third-order valence-electron chi connectivity index (χ3n) is 3.00. The van der Waals surface area contributed by atoms with Gasteiger partial charge in [-0.2, -0.15) is 0 Å². The number of benzene rings is 1. The summed E-state index contributed by atoms with van der Waals surface area (Å²) in [5.41, 5.74) is -0.0136. The number of non-ortho nitro benzene ring substituents is 1. The van der Waals surface area contributed by atoms with Crippen LogP contribution in [0, 0.1) is 10.1 Å². The van der Waals surface area contributed by atoms with Crippen LogP contribution in [0.3, 0.4) is 0 Å². The van der Waals surface area contributed by atoms with Crippen LogP contribution in [-0.4, -0.2) is 30.7 Å². The first kappa shape index (κ1) is 13.6. The first-order chi connectivity index (χ1) is 9.19. The van der Waals surface area contributed by atoms with E-state index in [1.165, 1.54) is 12.1 Å². The van der Waals surface area contributed by atoms with Gasteiger partial charge in [0.05, 0.1) is 23.7 Å². The van der Waals surface area contributed by atoms with Crippen LogP contribution in [0.1, 0.15) is 19.8 Å². The van der Waals surface area contributed by atoms with E-state index in [9.17, 15) is 10.1 Å². The minimum Gasteiger partial charge on any atom is -0.493 e. The third-order valence-corrected chi connectivity index (χ3v) is 3.00. The molecule has 1 heterocycles. The maximum absolute atomic E-state index is 10.9. The predicted octanol–water partition coefficient (Wildman–Crippen LogP) is 2.12. The topological polar surface area (TPSA) is 73.6 Å². The Morgan fingerprint density at radius 1 is 1.37 bits per heavy atom. The van der Waals surface area contributed by atoms with Gasteiger partial charge in [0.2, 0.25) is 0 Å². The summed E-state index contributed by atoms with van der Waals surface area (Å²) in [5, 5.41) is 14.2. The SMILES string of the molecule is CCOc1cc(OCC2CCCN2)cc([N+](=O)[O-])c1. The van der Waals surface area contributed by atoms with E-state index in [1.54, 1.807) is 6.07 Å². The summed E-state index contributed by atoms with van der Waals surface area (Å²) in [5.74, 6) is 0.942. The van der Waals surface area contributed by atoms with Gasteiger partial charge < -0.3 is 14.8 Å². The van der Waals surface area contributed by atoms with Crippen molar-refractivity contribution in [3.8, 4) is 11.5 Å². The van der Waals surface area contributed by atoms with E-state index in [1.807, 2.05) is 6.92 Å². The Morgan fingerprint density at radius 3 is 2.68 bits per heavy atom. The lowest BCUT2D eigenvalue weighted by molar-refractivity contribution is -0.385. The van der Waals surface area contributed by atoms with Crippen LogP contribution in [0.4, 0.5) is 5.69 Å². The highest BCUT2D eigenvalue weighted by atomic mass is 16.6. The fraction of sp³-hybridized carbons (Fsp3) is 0.538. The molecule has 0 bridgehead atoms. The average Bonchev–Trinajstić information content (AvgIpc) is 2.89. The van der Waals surface area contributed by atoms with Crippen molar-refractivity contribution < 1.29 is 14.4 Å². The summed E-state index contributed by atoms with van der Waals surface area (Å²) in [6, 6.07) is 4.85. The van der Waals surface area contributed by atoms with Gasteiger partial charge in [-0.3, -0.25) is 10.1 Å². The minimum atomic E-state index is -0.441. The Balaban J connectivity index is 2.06. The molecule has 0 aliphatic carbocycles. The monoisotopic (exact) mass is 266 g/mol. The standard InChI is InChI=1S/C13H18N2O4/c1-2-18-12-6-11(15(16)17)7-13(8-12)19-9-10-4-3-5-14-10/h6-8,10,14H,2-5,9H2,1H3. The number of ether oxygens (including phenoxy) is 2. The molecule has 6 nitrogen and oxygen atoms in total. The highest BCUT2D eigenvalue weighted by molar-refractivity contribution is 5.46. The van der Waals surface area contributed by atoms with Crippen LogP contribution in [0.2, 0.25) is 0 Å². The van der Waals surface area contributed by atoms with Crippen LogP contribution < -0.4 is 14.8 Å². The molecule has 1 aromatic rings. The normalized spacial score (nSPS) is 18.3. The van der Waals surface area contributed by atoms with Crippen LogP contribution in [0.15, 0.2) is 18.2 Å². The first-order valence-corrected chi connectivity index (χ1v) is 6.47. The smallest absolute Gasteiger partial charge is 0.276 e. The van der Waals surface area contributed by atoms with Crippen molar-refractivity contribution in [1.29, 1.82) is 0 Å². The van der Waals surface area contributed by atoms with Gasteiger partial charge in [0.15, 0.2) is 0 Å². The van der Waals surface area contributed by atoms with Gasteiger partial charge in [-0.1, -0.05) is 0 Å². The molecule has 1 aliphatic rings. The second kappa shape index (κ2) is 6.38. The molecule has 19 heavy (non-hydrogen) atoms. The summed E-state index contributed by atoms with van der Waals surface area (Å²) in [6.07, 6.45) is 2.22. The molecule has 0 amide bonds. The fourth-order valence-electron chi connectivity index (χ4n) is 2.09. The summed E-state index contributed by atoms with van der Waals surface area (Å²) < 4.78 is 10.9. The van der Waals surface area contributed by atoms with Gasteiger partial charge in [-0.25, -0.2) is 0 Å². The van der Waals surface area contributed by atoms with Gasteiger partial charge in [0, 0.05) is 12.1 Å². The molecule has 6 heteroatoms. The molecule has 104 valence electrons. The van der Waals surface area contributed by atoms with Crippen LogP contribution in [0.25, 0.3) is 0 Å². The van der Waals surface area contributed by atoms with Crippen LogP contribution >= 0.6 is 0 Å². The number of rotatable bonds is 6. The maximum Gasteiger partial charge on any atom is 0.276 e. The highest BCUT2D eigenvalue weighted by Crippen LogP contribution is 2.28. The molecule has 1 aromatic carbocycles. The molecule has 0 radical (unpaired) electrons. The molecule has 1 saturated heterocycles. The zero-order valence-corrected chi connectivity index (χ0v) is 10.9. The van der Waals surface area contributed by atoms with E-state index < -0.39 is 4.92 Å². The maximum atomic E-state index is 10.9. The van der Waals surface area contributed by atoms with Crippen molar-refractivity contribution >= 4 is 5.69 Å². The Morgan fingerprint density at radius 2 is 2.11 bits per heavy atom. The van der Waals surface area contributed by atoms with E-state index in [-0.39, 0.29) is 5.69 Å². The third kappa shape index (κ3) is 3.82. The van der Waals surface area contributed by atoms with E-state index in [0.29, 0.717) is 30.8 Å². The lowest BCUT2D eigenvalue weighted by Gasteiger charge is -2.13. The highest BCUT2D eigenvalue weighted by Gasteiger charge is 2.16. The number of nitrogens with one attached hydrogen (secondary N) is 1. The second-order valence-electron chi connectivity index (χ2n) is 4.46. The molecule has 2 rings (SSSR count). The fourth-order valence-corrected chi connectivity index (χ4v) is 2.09. The quantitative estimate of drug-likeness (QED) is 0.630. The Bertz CT molecular complexity index is 444. The molecule has 1 N–H and O–H groups in total. The van der Waals surface area contributed by atoms with Gasteiger partial charge in [-0.05, 0) is 26.3 Å². The number of nitro benzene ring substituents is 1. The zero-order valence-electron chi connectivity index (χ0n) is 10.9. The number of hydrogen-bond acceptors (Lipinski definition) is 5. The van der Waals surface area contributed by atoms with Crippen molar-refractivity contribution in [3.63, 3.8) is 0 Å². The minimum absolute atomic E-state index is 0.0136. The number of nitro groups is 1. The summed E-state index contributed by atoms with van der Waals surface area (Å²) in [6.45, 7) is 3.83. The van der Waals surface area contributed by atoms with E-state index in [2.05, 4.69) is 5.32 Å². The van der Waals surface area contributed by atoms with Gasteiger partial charge in [-0.15, -0.1) is 0 Å². The van der Waals surface area contributed by atoms with Gasteiger partial charge >= 0.3 is 0 Å². The van der Waals surface area contributed by atoms with E-state index in [0.717, 1.165) is 19.4 Å². The molecular weight excluding hydrogens is 248 g/mol. The second-order valence-corrected chi connectivity index (χ2v) is 4.46. The predicted molar refractivity (Wildman–Crippen MR) is 70.8 cm³/mol. The number of hydrogen-bond donors (Lipinski definition) is 1. The van der Waals surface area contributed by atoms with Crippen LogP contribution in [0.5, 0.6) is 11.5 Å². The van der Waals surface area contributed by atoms with Crippen molar-refractivity contribution in [2.45, 2.75) is 25.8 Å². The molecule has 1 aliphatic heterocycles. The molecule has 0 saturated carbocycles. The van der Waals surface area contributed by atoms with Crippen molar-refractivity contribution in [3.05, 3.63) is 28.3 Å². The summed E-state index contributed by atoms with van der Waals surface area (Å²) in [7, 11) is 0. The van der Waals surface area contributed by atoms with Crippen molar-refractivity contribution in [2.24, 2.45) is 0 Å². The first-order valence-electron chi connectivity index (χ1n) is 6.47. The Hall–Kier alpha value is -1.82. The number of nitrogens with zero attached hydrogens (tertiary/aromatic N) is 1. The molecular formula is C13H18N2O4. The van der Waals surface area contributed by atoms with Gasteiger partial charge in [0.25, 0.3) is 5.69 Å². The largest absolute Gasteiger partial charge is 0.493 e. The molecule has 1 unspecified atom stereocenters. The molecule has 0 spiro atoms. The summed E-state index contributed by atoms with van der Waals surface area (Å²) >= 11 is 0. The molecule has 0 aromatic heterocycles. The lowest BCUT2D eigenvalue weighted by Crippen LogP contribution is -2.28. The molecule has 1 fully saturated rings. The lowest BCUT2D eigenvalue weighted by atomic mass is 10.2. The van der Waals surface area contributed by atoms with E-state index >= 15 is 0 Å². The van der Waals surface area contributed by atoms with Crippen molar-refractivity contribution in [1.82, 2.24) is 5.32 Å². The van der Waals surface area contributed by atoms with Crippen LogP contribution in [-0.2, 0) is 0 Å².